The lowest BCUT2D eigenvalue weighted by Gasteiger charge is -2.25. The average molecular weight is 290 g/mol. The fourth-order valence-corrected chi connectivity index (χ4v) is 2.78. The first-order chi connectivity index (χ1) is 9.87. The fourth-order valence-electron chi connectivity index (χ4n) is 2.78. The Kier molecular flexibility index (Phi) is 4.50. The molecule has 21 heavy (non-hydrogen) atoms. The van der Waals surface area contributed by atoms with Crippen LogP contribution in [-0.2, 0) is 17.6 Å². The predicted octanol–water partition coefficient (Wildman–Crippen LogP) is 2.94. The van der Waals surface area contributed by atoms with Crippen molar-refractivity contribution < 1.29 is 14.7 Å². The number of fused-ring (bicyclic) bond motifs is 1. The lowest BCUT2D eigenvalue weighted by Crippen LogP contribution is -2.47. The topological polar surface area (TPSA) is 78.4 Å². The van der Waals surface area contributed by atoms with Crippen LogP contribution >= 0.6 is 0 Å². The number of benzene rings is 1. The van der Waals surface area contributed by atoms with Crippen LogP contribution in [0.1, 0.15) is 44.2 Å². The number of carboxylic acid groups (broad SMARTS) is 1. The Balaban J connectivity index is 2.05. The lowest BCUT2D eigenvalue weighted by molar-refractivity contribution is -0.138. The molecule has 1 aliphatic carbocycles. The molecule has 5 heteroatoms. The van der Waals surface area contributed by atoms with Gasteiger partial charge in [-0.15, -0.1) is 0 Å². The first kappa shape index (κ1) is 15.4. The minimum absolute atomic E-state index is 0.118. The van der Waals surface area contributed by atoms with Crippen molar-refractivity contribution in [1.82, 2.24) is 5.32 Å². The Labute approximate surface area is 124 Å². The van der Waals surface area contributed by atoms with Crippen LogP contribution < -0.4 is 10.6 Å². The van der Waals surface area contributed by atoms with Gasteiger partial charge in [0.15, 0.2) is 0 Å². The number of anilines is 1. The number of carbonyl (C=O) groups is 2. The van der Waals surface area contributed by atoms with Crippen molar-refractivity contribution in [1.29, 1.82) is 0 Å². The zero-order valence-electron chi connectivity index (χ0n) is 12.5. The highest BCUT2D eigenvalue weighted by Gasteiger charge is 2.24. The average Bonchev–Trinajstić information content (AvgIpc) is 2.36. The number of aryl methyl sites for hydroxylation is 1. The summed E-state index contributed by atoms with van der Waals surface area (Å²) in [6, 6.07) is 5.59. The van der Waals surface area contributed by atoms with Crippen molar-refractivity contribution in [2.24, 2.45) is 0 Å². The Bertz CT molecular complexity index is 552. The van der Waals surface area contributed by atoms with Crippen molar-refractivity contribution in [2.75, 3.05) is 5.32 Å². The SMILES string of the molecule is CC(C)(CC(=O)O)NC(=O)Nc1cccc2c1CCCC2. The maximum atomic E-state index is 12.1. The molecule has 2 amide bonds. The van der Waals surface area contributed by atoms with Crippen LogP contribution in [0.5, 0.6) is 0 Å². The Hall–Kier alpha value is -2.04. The van der Waals surface area contributed by atoms with E-state index in [1.807, 2.05) is 12.1 Å². The van der Waals surface area contributed by atoms with E-state index >= 15 is 0 Å². The number of aliphatic carboxylic acids is 1. The first-order valence-corrected chi connectivity index (χ1v) is 7.29. The second-order valence-electron chi connectivity index (χ2n) is 6.18. The van der Waals surface area contributed by atoms with Gasteiger partial charge < -0.3 is 15.7 Å². The third-order valence-corrected chi connectivity index (χ3v) is 3.69. The molecule has 3 N–H and O–H groups in total. The summed E-state index contributed by atoms with van der Waals surface area (Å²) in [4.78, 5) is 22.9. The summed E-state index contributed by atoms with van der Waals surface area (Å²) in [5, 5.41) is 14.4. The molecule has 0 unspecified atom stereocenters. The Morgan fingerprint density at radius 2 is 1.95 bits per heavy atom. The van der Waals surface area contributed by atoms with Gasteiger partial charge in [-0.05, 0) is 56.7 Å². The zero-order valence-corrected chi connectivity index (χ0v) is 12.5. The summed E-state index contributed by atoms with van der Waals surface area (Å²) in [5.41, 5.74) is 2.54. The van der Waals surface area contributed by atoms with E-state index in [0.29, 0.717) is 0 Å². The molecule has 0 saturated carbocycles. The number of carbonyl (C=O) groups excluding carboxylic acids is 1. The smallest absolute Gasteiger partial charge is 0.319 e. The van der Waals surface area contributed by atoms with E-state index < -0.39 is 11.5 Å². The van der Waals surface area contributed by atoms with E-state index in [1.165, 1.54) is 17.5 Å². The minimum Gasteiger partial charge on any atom is -0.481 e. The normalized spacial score (nSPS) is 14.2. The largest absolute Gasteiger partial charge is 0.481 e. The molecular weight excluding hydrogens is 268 g/mol. The second kappa shape index (κ2) is 6.16. The van der Waals surface area contributed by atoms with Crippen molar-refractivity contribution in [3.05, 3.63) is 29.3 Å². The highest BCUT2D eigenvalue weighted by molar-refractivity contribution is 5.91. The van der Waals surface area contributed by atoms with Gasteiger partial charge in [-0.25, -0.2) is 4.79 Å². The minimum atomic E-state index is -0.933. The van der Waals surface area contributed by atoms with Gasteiger partial charge in [0.25, 0.3) is 0 Å². The molecule has 0 heterocycles. The van der Waals surface area contributed by atoms with Gasteiger partial charge in [0.1, 0.15) is 0 Å². The van der Waals surface area contributed by atoms with E-state index in [9.17, 15) is 9.59 Å². The van der Waals surface area contributed by atoms with Gasteiger partial charge in [-0.2, -0.15) is 0 Å². The van der Waals surface area contributed by atoms with E-state index in [4.69, 9.17) is 5.11 Å². The van der Waals surface area contributed by atoms with Gasteiger partial charge in [0.2, 0.25) is 0 Å². The van der Waals surface area contributed by atoms with E-state index in [2.05, 4.69) is 16.7 Å². The van der Waals surface area contributed by atoms with Gasteiger partial charge in [0.05, 0.1) is 6.42 Å². The van der Waals surface area contributed by atoms with Crippen LogP contribution in [0.3, 0.4) is 0 Å². The molecular formula is C16H22N2O3. The summed E-state index contributed by atoms with van der Waals surface area (Å²) >= 11 is 0. The van der Waals surface area contributed by atoms with Gasteiger partial charge in [-0.1, -0.05) is 12.1 Å². The summed E-state index contributed by atoms with van der Waals surface area (Å²) in [6.07, 6.45) is 4.24. The number of carboxylic acids is 1. The quantitative estimate of drug-likeness (QED) is 0.797. The summed E-state index contributed by atoms with van der Waals surface area (Å²) in [5.74, 6) is -0.933. The van der Waals surface area contributed by atoms with Gasteiger partial charge in [-0.3, -0.25) is 4.79 Å². The number of amides is 2. The molecule has 0 spiro atoms. The number of hydrogen-bond acceptors (Lipinski definition) is 2. The van der Waals surface area contributed by atoms with Gasteiger partial charge in [0, 0.05) is 11.2 Å². The van der Waals surface area contributed by atoms with E-state index in [0.717, 1.165) is 24.9 Å². The van der Waals surface area contributed by atoms with Crippen LogP contribution in [0.15, 0.2) is 18.2 Å². The molecule has 0 aliphatic heterocycles. The third-order valence-electron chi connectivity index (χ3n) is 3.69. The molecule has 1 aromatic rings. The fraction of sp³-hybridized carbons (Fsp3) is 0.500. The Morgan fingerprint density at radius 3 is 2.67 bits per heavy atom. The van der Waals surface area contributed by atoms with Gasteiger partial charge >= 0.3 is 12.0 Å². The maximum absolute atomic E-state index is 12.1. The Morgan fingerprint density at radius 1 is 1.24 bits per heavy atom. The molecule has 5 nitrogen and oxygen atoms in total. The lowest BCUT2D eigenvalue weighted by atomic mass is 9.90. The summed E-state index contributed by atoms with van der Waals surface area (Å²) < 4.78 is 0. The molecule has 114 valence electrons. The summed E-state index contributed by atoms with van der Waals surface area (Å²) in [7, 11) is 0. The van der Waals surface area contributed by atoms with Crippen LogP contribution in [0.25, 0.3) is 0 Å². The summed E-state index contributed by atoms with van der Waals surface area (Å²) in [6.45, 7) is 3.39. The molecule has 1 aliphatic rings. The number of urea groups is 1. The van der Waals surface area contributed by atoms with Crippen molar-refractivity contribution in [3.8, 4) is 0 Å². The first-order valence-electron chi connectivity index (χ1n) is 7.29. The number of hydrogen-bond donors (Lipinski definition) is 3. The highest BCUT2D eigenvalue weighted by Crippen LogP contribution is 2.27. The number of nitrogens with one attached hydrogen (secondary N) is 2. The molecule has 0 saturated heterocycles. The maximum Gasteiger partial charge on any atom is 0.319 e. The van der Waals surface area contributed by atoms with E-state index in [-0.39, 0.29) is 12.5 Å². The van der Waals surface area contributed by atoms with Crippen LogP contribution in [0.2, 0.25) is 0 Å². The highest BCUT2D eigenvalue weighted by atomic mass is 16.4. The molecule has 0 aromatic heterocycles. The number of rotatable bonds is 4. The monoisotopic (exact) mass is 290 g/mol. The molecule has 0 fully saturated rings. The second-order valence-corrected chi connectivity index (χ2v) is 6.18. The molecule has 0 bridgehead atoms. The van der Waals surface area contributed by atoms with E-state index in [1.54, 1.807) is 13.8 Å². The van der Waals surface area contributed by atoms with Crippen molar-refractivity contribution >= 4 is 17.7 Å². The van der Waals surface area contributed by atoms with Crippen LogP contribution in [0, 0.1) is 0 Å². The van der Waals surface area contributed by atoms with Crippen LogP contribution in [0.4, 0.5) is 10.5 Å². The molecule has 1 aromatic carbocycles. The zero-order chi connectivity index (χ0) is 15.5. The molecule has 0 atom stereocenters. The van der Waals surface area contributed by atoms with Crippen molar-refractivity contribution in [2.45, 2.75) is 51.5 Å². The third kappa shape index (κ3) is 4.21. The molecule has 2 rings (SSSR count). The van der Waals surface area contributed by atoms with Crippen molar-refractivity contribution in [3.63, 3.8) is 0 Å². The standard InChI is InChI=1S/C16H22N2O3/c1-16(2,10-14(19)20)18-15(21)17-13-9-5-7-11-6-3-4-8-12(11)13/h5,7,9H,3-4,6,8,10H2,1-2H3,(H,19,20)(H2,17,18,21). The van der Waals surface area contributed by atoms with Crippen LogP contribution in [-0.4, -0.2) is 22.6 Å². The predicted molar refractivity (Wildman–Crippen MR) is 81.6 cm³/mol. The molecule has 0 radical (unpaired) electrons.